The van der Waals surface area contributed by atoms with E-state index < -0.39 is 11.9 Å². The van der Waals surface area contributed by atoms with E-state index in [4.69, 9.17) is 21.1 Å². The number of nitrogens with one attached hydrogen (secondary N) is 1. The quantitative estimate of drug-likeness (QED) is 0.293. The van der Waals surface area contributed by atoms with Gasteiger partial charge in [0.1, 0.15) is 12.1 Å². The standard InChI is InChI=1S/C26H27BrClFN4O4/c1-3-20-15-7-13(6-14(15)10-33(20)26(34)35)11-37-22-9-19-16(8-21(22)36-2)25(31-12-30-19)32-18-5-4-17(27)23(28)24(18)29/h4-5,8-9,12-15,20H,3,6-7,10-11H2,1-2H3,(H,34,35)(H,30,31,32)/t13-,14+,15+,20?/m1/s1. The van der Waals surface area contributed by atoms with Gasteiger partial charge in [-0.05, 0) is 71.1 Å². The molecular formula is C26H27BrClFN4O4. The summed E-state index contributed by atoms with van der Waals surface area (Å²) in [6.45, 7) is 3.17. The number of hydrogen-bond acceptors (Lipinski definition) is 6. The maximum absolute atomic E-state index is 14.7. The van der Waals surface area contributed by atoms with Gasteiger partial charge >= 0.3 is 6.09 Å². The number of ether oxygens (including phenoxy) is 2. The topological polar surface area (TPSA) is 96.8 Å². The number of carboxylic acid groups (broad SMARTS) is 1. The van der Waals surface area contributed by atoms with Crippen molar-refractivity contribution < 1.29 is 23.8 Å². The maximum atomic E-state index is 14.7. The number of hydrogen-bond donors (Lipinski definition) is 2. The van der Waals surface area contributed by atoms with Gasteiger partial charge < -0.3 is 24.8 Å². The fraction of sp³-hybridized carbons (Fsp3) is 0.423. The van der Waals surface area contributed by atoms with Crippen LogP contribution in [0.1, 0.15) is 26.2 Å². The van der Waals surface area contributed by atoms with Crippen molar-refractivity contribution in [3.63, 3.8) is 0 Å². The van der Waals surface area contributed by atoms with Crippen molar-refractivity contribution in [2.45, 2.75) is 32.2 Å². The molecule has 2 heterocycles. The van der Waals surface area contributed by atoms with Crippen LogP contribution in [0.25, 0.3) is 10.9 Å². The number of amides is 1. The van der Waals surface area contributed by atoms with Crippen molar-refractivity contribution in [2.24, 2.45) is 17.8 Å². The summed E-state index contributed by atoms with van der Waals surface area (Å²) in [7, 11) is 1.56. The third-order valence-corrected chi connectivity index (χ3v) is 8.78. The Balaban J connectivity index is 1.33. The third-order valence-electron chi connectivity index (χ3n) is 7.52. The number of anilines is 2. The van der Waals surface area contributed by atoms with Gasteiger partial charge in [0.05, 0.1) is 29.9 Å². The first kappa shape index (κ1) is 25.8. The van der Waals surface area contributed by atoms with Crippen LogP contribution in [0.4, 0.5) is 20.7 Å². The largest absolute Gasteiger partial charge is 0.493 e. The van der Waals surface area contributed by atoms with Gasteiger partial charge in [-0.2, -0.15) is 0 Å². The minimum atomic E-state index is -0.822. The summed E-state index contributed by atoms with van der Waals surface area (Å²) >= 11 is 9.25. The van der Waals surface area contributed by atoms with E-state index >= 15 is 0 Å². The SMILES string of the molecule is CCC1[C@H]2C[C@H](COc3cc4ncnc(Nc5ccc(Br)c(Cl)c5F)c4cc3OC)C[C@H]2CN1C(=O)O. The molecule has 1 amide bonds. The van der Waals surface area contributed by atoms with E-state index in [1.807, 2.05) is 0 Å². The molecule has 8 nitrogen and oxygen atoms in total. The Labute approximate surface area is 227 Å². The molecule has 1 aromatic heterocycles. The Morgan fingerprint density at radius 1 is 1.30 bits per heavy atom. The van der Waals surface area contributed by atoms with Crippen molar-refractivity contribution >= 4 is 56.0 Å². The summed E-state index contributed by atoms with van der Waals surface area (Å²) < 4.78 is 26.9. The number of nitrogens with zero attached hydrogens (tertiary/aromatic N) is 3. The lowest BCUT2D eigenvalue weighted by molar-refractivity contribution is 0.128. The van der Waals surface area contributed by atoms with Gasteiger partial charge in [0.15, 0.2) is 17.3 Å². The second kappa shape index (κ2) is 10.5. The molecule has 11 heteroatoms. The van der Waals surface area contributed by atoms with Crippen LogP contribution in [-0.2, 0) is 0 Å². The van der Waals surface area contributed by atoms with Crippen LogP contribution in [0.5, 0.6) is 11.5 Å². The third kappa shape index (κ3) is 4.88. The van der Waals surface area contributed by atoms with Crippen molar-refractivity contribution in [1.29, 1.82) is 0 Å². The Bertz CT molecular complexity index is 1350. The molecule has 1 aliphatic carbocycles. The molecular weight excluding hydrogens is 567 g/mol. The number of benzene rings is 2. The minimum absolute atomic E-state index is 0.0198. The summed E-state index contributed by atoms with van der Waals surface area (Å²) in [6, 6.07) is 6.87. The molecule has 0 spiro atoms. The maximum Gasteiger partial charge on any atom is 0.407 e. The highest BCUT2D eigenvalue weighted by Crippen LogP contribution is 2.46. The van der Waals surface area contributed by atoms with Crippen LogP contribution < -0.4 is 14.8 Å². The summed E-state index contributed by atoms with van der Waals surface area (Å²) in [5, 5.41) is 13.1. The number of halogens is 3. The lowest BCUT2D eigenvalue weighted by Crippen LogP contribution is -2.37. The van der Waals surface area contributed by atoms with E-state index in [0.29, 0.717) is 63.6 Å². The van der Waals surface area contributed by atoms with Crippen molar-refractivity contribution in [3.8, 4) is 11.5 Å². The molecule has 2 aliphatic rings. The van der Waals surface area contributed by atoms with Gasteiger partial charge in [-0.1, -0.05) is 18.5 Å². The van der Waals surface area contributed by atoms with Gasteiger partial charge in [-0.3, -0.25) is 0 Å². The van der Waals surface area contributed by atoms with Gasteiger partial charge in [-0.25, -0.2) is 19.2 Å². The van der Waals surface area contributed by atoms with Crippen LogP contribution in [-0.4, -0.2) is 52.4 Å². The zero-order valence-electron chi connectivity index (χ0n) is 20.4. The normalized spacial score (nSPS) is 22.8. The van der Waals surface area contributed by atoms with E-state index in [9.17, 15) is 14.3 Å². The fourth-order valence-corrected chi connectivity index (χ4v) is 6.32. The number of aromatic nitrogens is 2. The lowest BCUT2D eigenvalue weighted by Gasteiger charge is -2.25. The molecule has 4 atom stereocenters. The van der Waals surface area contributed by atoms with E-state index in [-0.39, 0.29) is 16.8 Å². The molecule has 0 bridgehead atoms. The number of methoxy groups -OCH3 is 1. The molecule has 0 radical (unpaired) electrons. The first-order valence-corrected chi connectivity index (χ1v) is 13.3. The van der Waals surface area contributed by atoms with Gasteiger partial charge in [0.25, 0.3) is 0 Å². The predicted octanol–water partition coefficient (Wildman–Crippen LogP) is 6.73. The van der Waals surface area contributed by atoms with Crippen LogP contribution >= 0.6 is 27.5 Å². The second-order valence-electron chi connectivity index (χ2n) is 9.57. The Morgan fingerprint density at radius 2 is 2.11 bits per heavy atom. The number of rotatable bonds is 7. The number of likely N-dealkylation sites (tertiary alicyclic amines) is 1. The molecule has 3 aromatic rings. The Kier molecular flexibility index (Phi) is 7.31. The average molecular weight is 594 g/mol. The monoisotopic (exact) mass is 592 g/mol. The highest BCUT2D eigenvalue weighted by molar-refractivity contribution is 9.10. The Hall–Kier alpha value is -2.85. The number of fused-ring (bicyclic) bond motifs is 2. The molecule has 5 rings (SSSR count). The van der Waals surface area contributed by atoms with Gasteiger partial charge in [-0.15, -0.1) is 0 Å². The molecule has 2 aromatic carbocycles. The molecule has 196 valence electrons. The first-order valence-electron chi connectivity index (χ1n) is 12.2. The smallest absolute Gasteiger partial charge is 0.407 e. The minimum Gasteiger partial charge on any atom is -0.493 e. The summed E-state index contributed by atoms with van der Waals surface area (Å²) in [4.78, 5) is 21.9. The van der Waals surface area contributed by atoms with Crippen molar-refractivity contribution in [2.75, 3.05) is 25.6 Å². The molecule has 2 fully saturated rings. The molecule has 1 saturated carbocycles. The fourth-order valence-electron chi connectivity index (χ4n) is 5.85. The molecule has 1 saturated heterocycles. The molecule has 1 aliphatic heterocycles. The lowest BCUT2D eigenvalue weighted by atomic mass is 9.92. The van der Waals surface area contributed by atoms with Crippen LogP contribution in [0.2, 0.25) is 5.02 Å². The van der Waals surface area contributed by atoms with E-state index in [1.54, 1.807) is 36.3 Å². The summed E-state index contributed by atoms with van der Waals surface area (Å²) in [5.74, 6) is 1.99. The van der Waals surface area contributed by atoms with Crippen molar-refractivity contribution in [3.05, 3.63) is 45.9 Å². The number of carbonyl (C=O) groups is 1. The van der Waals surface area contributed by atoms with Crippen LogP contribution in [0, 0.1) is 23.6 Å². The van der Waals surface area contributed by atoms with E-state index in [0.717, 1.165) is 19.3 Å². The summed E-state index contributed by atoms with van der Waals surface area (Å²) in [5.41, 5.74) is 0.800. The van der Waals surface area contributed by atoms with E-state index in [2.05, 4.69) is 38.1 Å². The zero-order valence-corrected chi connectivity index (χ0v) is 22.7. The van der Waals surface area contributed by atoms with Crippen LogP contribution in [0.15, 0.2) is 35.1 Å². The predicted molar refractivity (Wildman–Crippen MR) is 142 cm³/mol. The average Bonchev–Trinajstić information content (AvgIpc) is 3.45. The highest BCUT2D eigenvalue weighted by atomic mass is 79.9. The molecule has 37 heavy (non-hydrogen) atoms. The van der Waals surface area contributed by atoms with Gasteiger partial charge in [0.2, 0.25) is 0 Å². The highest BCUT2D eigenvalue weighted by Gasteiger charge is 2.48. The molecule has 1 unspecified atom stereocenters. The first-order chi connectivity index (χ1) is 17.8. The Morgan fingerprint density at radius 3 is 2.84 bits per heavy atom. The second-order valence-corrected chi connectivity index (χ2v) is 10.8. The zero-order chi connectivity index (χ0) is 26.3. The van der Waals surface area contributed by atoms with Gasteiger partial charge in [0, 0.05) is 28.5 Å². The van der Waals surface area contributed by atoms with Crippen molar-refractivity contribution in [1.82, 2.24) is 14.9 Å². The molecule has 2 N–H and O–H groups in total. The van der Waals surface area contributed by atoms with Crippen LogP contribution in [0.3, 0.4) is 0 Å². The summed E-state index contributed by atoms with van der Waals surface area (Å²) in [6.07, 6.45) is 3.29. The van der Waals surface area contributed by atoms with E-state index in [1.165, 1.54) is 6.33 Å².